The third kappa shape index (κ3) is 2.77. The Morgan fingerprint density at radius 2 is 2.05 bits per heavy atom. The molecule has 0 saturated heterocycles. The Morgan fingerprint density at radius 1 is 1.32 bits per heavy atom. The van der Waals surface area contributed by atoms with Gasteiger partial charge in [-0.15, -0.1) is 0 Å². The normalized spacial score (nSPS) is 12.5. The Kier molecular flexibility index (Phi) is 4.17. The lowest BCUT2D eigenvalue weighted by atomic mass is 9.94. The largest absolute Gasteiger partial charge is 0.309 e. The number of hydrogen-bond donors (Lipinski definition) is 1. The fourth-order valence-corrected chi connectivity index (χ4v) is 2.60. The minimum atomic E-state index is -0.281. The molecule has 19 heavy (non-hydrogen) atoms. The lowest BCUT2D eigenvalue weighted by Crippen LogP contribution is -2.20. The minimum absolute atomic E-state index is 0.218. The zero-order valence-electron chi connectivity index (χ0n) is 11.2. The highest BCUT2D eigenvalue weighted by molar-refractivity contribution is 6.31. The van der Waals surface area contributed by atoms with Crippen LogP contribution in [0, 0.1) is 19.7 Å². The van der Waals surface area contributed by atoms with Crippen molar-refractivity contribution in [2.24, 2.45) is 0 Å². The van der Waals surface area contributed by atoms with E-state index in [2.05, 4.69) is 10.3 Å². The summed E-state index contributed by atoms with van der Waals surface area (Å²) in [5.74, 6) is -0.218. The van der Waals surface area contributed by atoms with Crippen LogP contribution in [-0.4, -0.2) is 12.0 Å². The lowest BCUT2D eigenvalue weighted by Gasteiger charge is -2.21. The number of halogens is 2. The number of benzene rings is 1. The van der Waals surface area contributed by atoms with Gasteiger partial charge in [0.05, 0.1) is 11.1 Å². The number of nitrogens with zero attached hydrogens (tertiary/aromatic N) is 1. The maximum atomic E-state index is 14.3. The third-order valence-corrected chi connectivity index (χ3v) is 3.49. The summed E-state index contributed by atoms with van der Waals surface area (Å²) in [4.78, 5) is 3.96. The monoisotopic (exact) mass is 278 g/mol. The highest BCUT2D eigenvalue weighted by atomic mass is 35.5. The maximum Gasteiger partial charge on any atom is 0.128 e. The molecule has 0 aliphatic carbocycles. The van der Waals surface area contributed by atoms with E-state index in [1.807, 2.05) is 26.0 Å². The van der Waals surface area contributed by atoms with Crippen LogP contribution >= 0.6 is 11.6 Å². The van der Waals surface area contributed by atoms with Gasteiger partial charge in [-0.2, -0.15) is 0 Å². The first-order chi connectivity index (χ1) is 9.04. The van der Waals surface area contributed by atoms with E-state index in [1.54, 1.807) is 25.5 Å². The second-order valence-electron chi connectivity index (χ2n) is 4.60. The van der Waals surface area contributed by atoms with Crippen LogP contribution < -0.4 is 5.32 Å². The van der Waals surface area contributed by atoms with E-state index in [0.29, 0.717) is 10.6 Å². The Morgan fingerprint density at radius 3 is 2.63 bits per heavy atom. The standard InChI is InChI=1S/C15H16ClFN2/c1-9-6-10(2)14(13(17)7-9)15(18-3)11-4-5-19-8-12(11)16/h4-8,15,18H,1-3H3. The Hall–Kier alpha value is -1.45. The molecule has 2 aromatic rings. The van der Waals surface area contributed by atoms with E-state index < -0.39 is 0 Å². The highest BCUT2D eigenvalue weighted by Gasteiger charge is 2.21. The van der Waals surface area contributed by atoms with Gasteiger partial charge in [0.1, 0.15) is 5.82 Å². The van der Waals surface area contributed by atoms with Crippen molar-refractivity contribution in [3.63, 3.8) is 0 Å². The van der Waals surface area contributed by atoms with Crippen molar-refractivity contribution in [2.75, 3.05) is 7.05 Å². The van der Waals surface area contributed by atoms with E-state index in [9.17, 15) is 4.39 Å². The van der Waals surface area contributed by atoms with Gasteiger partial charge in [0.25, 0.3) is 0 Å². The van der Waals surface area contributed by atoms with Gasteiger partial charge in [0, 0.05) is 18.0 Å². The van der Waals surface area contributed by atoms with Crippen molar-refractivity contribution in [3.05, 3.63) is 63.7 Å². The molecule has 1 aromatic heterocycles. The van der Waals surface area contributed by atoms with Crippen molar-refractivity contribution in [2.45, 2.75) is 19.9 Å². The van der Waals surface area contributed by atoms with E-state index in [1.165, 1.54) is 0 Å². The van der Waals surface area contributed by atoms with E-state index in [4.69, 9.17) is 11.6 Å². The summed E-state index contributed by atoms with van der Waals surface area (Å²) >= 11 is 6.16. The first-order valence-electron chi connectivity index (χ1n) is 6.08. The van der Waals surface area contributed by atoms with Crippen LogP contribution in [0.3, 0.4) is 0 Å². The second-order valence-corrected chi connectivity index (χ2v) is 5.00. The van der Waals surface area contributed by atoms with Crippen molar-refractivity contribution in [1.82, 2.24) is 10.3 Å². The van der Waals surface area contributed by atoms with Crippen molar-refractivity contribution in [3.8, 4) is 0 Å². The molecule has 0 bridgehead atoms. The van der Waals surface area contributed by atoms with E-state index >= 15 is 0 Å². The van der Waals surface area contributed by atoms with Crippen LogP contribution in [0.5, 0.6) is 0 Å². The third-order valence-electron chi connectivity index (χ3n) is 3.17. The summed E-state index contributed by atoms with van der Waals surface area (Å²) in [5, 5.41) is 3.65. The van der Waals surface area contributed by atoms with Crippen LogP contribution in [0.4, 0.5) is 4.39 Å². The molecule has 0 fully saturated rings. The Bertz CT molecular complexity index is 575. The van der Waals surface area contributed by atoms with E-state index in [-0.39, 0.29) is 11.9 Å². The maximum absolute atomic E-state index is 14.3. The summed E-state index contributed by atoms with van der Waals surface area (Å²) in [5.41, 5.74) is 3.27. The van der Waals surface area contributed by atoms with Crippen LogP contribution in [0.15, 0.2) is 30.6 Å². The van der Waals surface area contributed by atoms with Gasteiger partial charge in [0.15, 0.2) is 0 Å². The summed E-state index contributed by atoms with van der Waals surface area (Å²) in [6.45, 7) is 3.79. The number of aromatic nitrogens is 1. The van der Waals surface area contributed by atoms with Crippen LogP contribution in [0.1, 0.15) is 28.3 Å². The molecule has 1 atom stereocenters. The molecule has 1 heterocycles. The molecular formula is C15H16ClFN2. The topological polar surface area (TPSA) is 24.9 Å². The van der Waals surface area contributed by atoms with Gasteiger partial charge in [0.2, 0.25) is 0 Å². The minimum Gasteiger partial charge on any atom is -0.309 e. The predicted molar refractivity (Wildman–Crippen MR) is 76.0 cm³/mol. The van der Waals surface area contributed by atoms with Crippen LogP contribution in [0.2, 0.25) is 5.02 Å². The summed E-state index contributed by atoms with van der Waals surface area (Å²) in [7, 11) is 1.79. The molecule has 2 rings (SSSR count). The molecule has 0 saturated carbocycles. The average Bonchev–Trinajstić information content (AvgIpc) is 2.34. The predicted octanol–water partition coefficient (Wildman–Crippen LogP) is 3.80. The molecule has 0 amide bonds. The molecule has 1 aromatic carbocycles. The van der Waals surface area contributed by atoms with Crippen molar-refractivity contribution < 1.29 is 4.39 Å². The Balaban J connectivity index is 2.58. The number of aryl methyl sites for hydroxylation is 2. The average molecular weight is 279 g/mol. The van der Waals surface area contributed by atoms with Crippen molar-refractivity contribution >= 4 is 11.6 Å². The molecule has 4 heteroatoms. The zero-order chi connectivity index (χ0) is 14.0. The van der Waals surface area contributed by atoms with Gasteiger partial charge < -0.3 is 5.32 Å². The second kappa shape index (κ2) is 5.68. The van der Waals surface area contributed by atoms with Gasteiger partial charge in [-0.1, -0.05) is 17.7 Å². The fraction of sp³-hybridized carbons (Fsp3) is 0.267. The molecule has 0 aliphatic heterocycles. The van der Waals surface area contributed by atoms with Crippen LogP contribution in [0.25, 0.3) is 0 Å². The SMILES string of the molecule is CNC(c1ccncc1Cl)c1c(C)cc(C)cc1F. The number of nitrogens with one attached hydrogen (secondary N) is 1. The molecule has 0 radical (unpaired) electrons. The molecule has 100 valence electrons. The summed E-state index contributed by atoms with van der Waals surface area (Å²) in [6.07, 6.45) is 3.23. The van der Waals surface area contributed by atoms with Crippen molar-refractivity contribution in [1.29, 1.82) is 0 Å². The first kappa shape index (κ1) is 14.0. The molecular weight excluding hydrogens is 263 g/mol. The summed E-state index contributed by atoms with van der Waals surface area (Å²) < 4.78 is 14.3. The van der Waals surface area contributed by atoms with E-state index in [0.717, 1.165) is 16.7 Å². The number of rotatable bonds is 3. The number of pyridine rings is 1. The highest BCUT2D eigenvalue weighted by Crippen LogP contribution is 2.31. The van der Waals surface area contributed by atoms with Crippen LogP contribution in [-0.2, 0) is 0 Å². The molecule has 1 N–H and O–H groups in total. The van der Waals surface area contributed by atoms with Gasteiger partial charge in [-0.05, 0) is 49.7 Å². The molecule has 0 aliphatic rings. The van der Waals surface area contributed by atoms with Gasteiger partial charge in [-0.3, -0.25) is 4.98 Å². The smallest absolute Gasteiger partial charge is 0.128 e. The van der Waals surface area contributed by atoms with Gasteiger partial charge >= 0.3 is 0 Å². The Labute approximate surface area is 117 Å². The fourth-order valence-electron chi connectivity index (χ4n) is 2.37. The van der Waals surface area contributed by atoms with Gasteiger partial charge in [-0.25, -0.2) is 4.39 Å². The molecule has 2 nitrogen and oxygen atoms in total. The summed E-state index contributed by atoms with van der Waals surface area (Å²) in [6, 6.07) is 5.04. The molecule has 1 unspecified atom stereocenters. The quantitative estimate of drug-likeness (QED) is 0.924. The zero-order valence-corrected chi connectivity index (χ0v) is 11.9. The lowest BCUT2D eigenvalue weighted by molar-refractivity contribution is 0.572. The number of hydrogen-bond acceptors (Lipinski definition) is 2. The molecule has 0 spiro atoms. The first-order valence-corrected chi connectivity index (χ1v) is 6.45.